The Balaban J connectivity index is 2.20. The number of benzene rings is 1. The molecule has 0 N–H and O–H groups in total. The zero-order valence-corrected chi connectivity index (χ0v) is 10.6. The lowest BCUT2D eigenvalue weighted by Gasteiger charge is -2.05. The van der Waals surface area contributed by atoms with E-state index >= 15 is 0 Å². The SMILES string of the molecule is O=c1c2ccc(Cl)cc2nnn1OCCC(F)=C(F)F. The molecule has 0 fully saturated rings. The quantitative estimate of drug-likeness (QED) is 0.870. The van der Waals surface area contributed by atoms with Gasteiger partial charge >= 0.3 is 11.6 Å². The molecular weight excluding hydrogens is 299 g/mol. The van der Waals surface area contributed by atoms with Crippen molar-refractivity contribution in [1.82, 2.24) is 15.2 Å². The van der Waals surface area contributed by atoms with E-state index in [1.165, 1.54) is 18.2 Å². The van der Waals surface area contributed by atoms with E-state index in [0.29, 0.717) is 9.87 Å². The van der Waals surface area contributed by atoms with Crippen LogP contribution in [-0.4, -0.2) is 21.8 Å². The van der Waals surface area contributed by atoms with Crippen molar-refractivity contribution in [2.75, 3.05) is 6.61 Å². The molecule has 106 valence electrons. The molecule has 0 aliphatic rings. The number of hydrogen-bond donors (Lipinski definition) is 0. The van der Waals surface area contributed by atoms with Crippen molar-refractivity contribution in [3.05, 3.63) is 45.5 Å². The van der Waals surface area contributed by atoms with Crippen molar-refractivity contribution in [2.24, 2.45) is 0 Å². The second-order valence-electron chi connectivity index (χ2n) is 3.68. The van der Waals surface area contributed by atoms with E-state index in [-0.39, 0.29) is 10.9 Å². The Hall–Kier alpha value is -2.09. The van der Waals surface area contributed by atoms with Gasteiger partial charge in [-0.3, -0.25) is 4.79 Å². The number of nitrogens with zero attached hydrogens (tertiary/aromatic N) is 3. The highest BCUT2D eigenvalue weighted by Crippen LogP contribution is 2.14. The number of fused-ring (bicyclic) bond motifs is 1. The summed E-state index contributed by atoms with van der Waals surface area (Å²) in [7, 11) is 0. The zero-order chi connectivity index (χ0) is 14.7. The predicted molar refractivity (Wildman–Crippen MR) is 65.2 cm³/mol. The van der Waals surface area contributed by atoms with E-state index in [4.69, 9.17) is 16.4 Å². The molecule has 0 saturated carbocycles. The highest BCUT2D eigenvalue weighted by Gasteiger charge is 2.09. The summed E-state index contributed by atoms with van der Waals surface area (Å²) in [5.41, 5.74) is -0.375. The minimum atomic E-state index is -2.42. The van der Waals surface area contributed by atoms with Gasteiger partial charge in [0.2, 0.25) is 0 Å². The van der Waals surface area contributed by atoms with Gasteiger partial charge in [-0.25, -0.2) is 4.39 Å². The minimum Gasteiger partial charge on any atom is -0.392 e. The maximum Gasteiger partial charge on any atom is 0.314 e. The van der Waals surface area contributed by atoms with Gasteiger partial charge in [0.15, 0.2) is 5.83 Å². The molecule has 1 aromatic heterocycles. The van der Waals surface area contributed by atoms with E-state index in [2.05, 4.69) is 10.3 Å². The van der Waals surface area contributed by atoms with Gasteiger partial charge in [-0.15, -0.1) is 5.10 Å². The van der Waals surface area contributed by atoms with Gasteiger partial charge in [-0.1, -0.05) is 11.6 Å². The summed E-state index contributed by atoms with van der Waals surface area (Å²) >= 11 is 5.73. The maximum absolute atomic E-state index is 12.5. The second kappa shape index (κ2) is 5.91. The summed E-state index contributed by atoms with van der Waals surface area (Å²) in [5.74, 6) is -1.60. The lowest BCUT2D eigenvalue weighted by atomic mass is 10.2. The van der Waals surface area contributed by atoms with Crippen LogP contribution in [0.25, 0.3) is 10.9 Å². The van der Waals surface area contributed by atoms with Crippen molar-refractivity contribution in [3.63, 3.8) is 0 Å². The molecule has 2 aromatic rings. The highest BCUT2D eigenvalue weighted by atomic mass is 35.5. The molecule has 0 spiro atoms. The van der Waals surface area contributed by atoms with Gasteiger partial charge in [-0.05, 0) is 28.3 Å². The Morgan fingerprint density at radius 2 is 2.10 bits per heavy atom. The molecule has 1 heterocycles. The van der Waals surface area contributed by atoms with Gasteiger partial charge in [0, 0.05) is 11.4 Å². The Kier molecular flexibility index (Phi) is 4.23. The number of hydrogen-bond acceptors (Lipinski definition) is 4. The summed E-state index contributed by atoms with van der Waals surface area (Å²) < 4.78 is 36.2. The lowest BCUT2D eigenvalue weighted by Crippen LogP contribution is -2.31. The monoisotopic (exact) mass is 305 g/mol. The molecular formula is C11H7ClF3N3O2. The Morgan fingerprint density at radius 1 is 1.35 bits per heavy atom. The first-order valence-electron chi connectivity index (χ1n) is 5.37. The smallest absolute Gasteiger partial charge is 0.314 e. The van der Waals surface area contributed by atoms with E-state index in [1.807, 2.05) is 0 Å². The summed E-state index contributed by atoms with van der Waals surface area (Å²) in [6, 6.07) is 4.35. The fourth-order valence-corrected chi connectivity index (χ4v) is 1.57. The van der Waals surface area contributed by atoms with Crippen LogP contribution in [0.4, 0.5) is 13.2 Å². The molecule has 0 saturated heterocycles. The van der Waals surface area contributed by atoms with Gasteiger partial charge in [0.1, 0.15) is 12.1 Å². The molecule has 9 heteroatoms. The minimum absolute atomic E-state index is 0.192. The van der Waals surface area contributed by atoms with Crippen molar-refractivity contribution in [2.45, 2.75) is 6.42 Å². The largest absolute Gasteiger partial charge is 0.392 e. The van der Waals surface area contributed by atoms with E-state index in [0.717, 1.165) is 0 Å². The van der Waals surface area contributed by atoms with Crippen molar-refractivity contribution in [3.8, 4) is 0 Å². The van der Waals surface area contributed by atoms with Crippen LogP contribution >= 0.6 is 11.6 Å². The highest BCUT2D eigenvalue weighted by molar-refractivity contribution is 6.31. The fraction of sp³-hybridized carbons (Fsp3) is 0.182. The van der Waals surface area contributed by atoms with Crippen LogP contribution in [0.1, 0.15) is 6.42 Å². The van der Waals surface area contributed by atoms with E-state index < -0.39 is 30.5 Å². The van der Waals surface area contributed by atoms with Crippen LogP contribution in [0.3, 0.4) is 0 Å². The van der Waals surface area contributed by atoms with E-state index in [1.54, 1.807) is 0 Å². The normalized spacial score (nSPS) is 10.6. The van der Waals surface area contributed by atoms with Crippen molar-refractivity contribution < 1.29 is 18.0 Å². The van der Waals surface area contributed by atoms with Gasteiger partial charge < -0.3 is 4.84 Å². The van der Waals surface area contributed by atoms with Crippen LogP contribution in [-0.2, 0) is 0 Å². The molecule has 0 radical (unpaired) electrons. The molecule has 2 rings (SSSR count). The first kappa shape index (κ1) is 14.3. The molecule has 0 amide bonds. The van der Waals surface area contributed by atoms with Gasteiger partial charge in [0.05, 0.1) is 5.39 Å². The number of aromatic nitrogens is 3. The summed E-state index contributed by atoms with van der Waals surface area (Å²) in [4.78, 5) is 17.2. The summed E-state index contributed by atoms with van der Waals surface area (Å²) in [5, 5.41) is 7.70. The van der Waals surface area contributed by atoms with Gasteiger partial charge in [0.25, 0.3) is 0 Å². The van der Waals surface area contributed by atoms with Crippen LogP contribution in [0, 0.1) is 0 Å². The molecule has 0 aliphatic carbocycles. The lowest BCUT2D eigenvalue weighted by molar-refractivity contribution is 0.0659. The average molecular weight is 306 g/mol. The van der Waals surface area contributed by atoms with Crippen molar-refractivity contribution >= 4 is 22.5 Å². The molecule has 0 bridgehead atoms. The standard InChI is InChI=1S/C11H7ClF3N3O2/c12-6-1-2-7-9(5-6)16-17-18(11(7)19)20-4-3-8(13)10(14)15/h1-2,5H,3-4H2. The molecule has 0 atom stereocenters. The Labute approximate surface area is 115 Å². The number of rotatable bonds is 4. The third-order valence-electron chi connectivity index (χ3n) is 2.34. The summed E-state index contributed by atoms with van der Waals surface area (Å²) in [6.45, 7) is -0.475. The van der Waals surface area contributed by atoms with Crippen LogP contribution in [0.2, 0.25) is 5.02 Å². The zero-order valence-electron chi connectivity index (χ0n) is 9.82. The predicted octanol–water partition coefficient (Wildman–Crippen LogP) is 2.34. The Morgan fingerprint density at radius 3 is 2.80 bits per heavy atom. The first-order valence-corrected chi connectivity index (χ1v) is 5.75. The second-order valence-corrected chi connectivity index (χ2v) is 4.11. The van der Waals surface area contributed by atoms with Crippen molar-refractivity contribution in [1.29, 1.82) is 0 Å². The van der Waals surface area contributed by atoms with E-state index in [9.17, 15) is 18.0 Å². The third-order valence-corrected chi connectivity index (χ3v) is 2.57. The maximum atomic E-state index is 12.5. The van der Waals surface area contributed by atoms with Crippen LogP contribution < -0.4 is 10.4 Å². The fourth-order valence-electron chi connectivity index (χ4n) is 1.40. The molecule has 0 unspecified atom stereocenters. The molecule has 20 heavy (non-hydrogen) atoms. The summed E-state index contributed by atoms with van der Waals surface area (Å²) in [6.07, 6.45) is -3.09. The van der Waals surface area contributed by atoms with Gasteiger partial charge in [-0.2, -0.15) is 8.78 Å². The Bertz CT molecular complexity index is 728. The third kappa shape index (κ3) is 3.08. The topological polar surface area (TPSA) is 57.0 Å². The average Bonchev–Trinajstić information content (AvgIpc) is 2.41. The van der Waals surface area contributed by atoms with Crippen LogP contribution in [0.5, 0.6) is 0 Å². The number of halogens is 4. The van der Waals surface area contributed by atoms with Crippen LogP contribution in [0.15, 0.2) is 34.9 Å². The molecule has 0 aliphatic heterocycles. The first-order chi connectivity index (χ1) is 9.49. The molecule has 5 nitrogen and oxygen atoms in total. The molecule has 1 aromatic carbocycles.